The highest BCUT2D eigenvalue weighted by molar-refractivity contribution is 6.31. The molecule has 0 aliphatic carbocycles. The Morgan fingerprint density at radius 2 is 1.74 bits per heavy atom. The van der Waals surface area contributed by atoms with Crippen LogP contribution in [0.25, 0.3) is 10.9 Å². The Balaban J connectivity index is 1.80. The SMILES string of the molecule is C[NH+](Cc1ccc(Cl)cc1)Cc1nc2cc(Cl)ccc2c(=O)[nH]1. The lowest BCUT2D eigenvalue weighted by Crippen LogP contribution is -3.06. The summed E-state index contributed by atoms with van der Waals surface area (Å²) in [6, 6.07) is 12.9. The van der Waals surface area contributed by atoms with E-state index < -0.39 is 0 Å². The Labute approximate surface area is 143 Å². The Kier molecular flexibility index (Phi) is 4.66. The molecule has 0 amide bonds. The molecule has 1 atom stereocenters. The van der Waals surface area contributed by atoms with Crippen LogP contribution in [0.15, 0.2) is 47.3 Å². The van der Waals surface area contributed by atoms with E-state index in [1.807, 2.05) is 24.3 Å². The molecule has 118 valence electrons. The lowest BCUT2D eigenvalue weighted by molar-refractivity contribution is -0.908. The fraction of sp³-hybridized carbons (Fsp3) is 0.176. The molecule has 0 saturated carbocycles. The van der Waals surface area contributed by atoms with Crippen LogP contribution in [-0.4, -0.2) is 17.0 Å². The van der Waals surface area contributed by atoms with Crippen LogP contribution in [-0.2, 0) is 13.1 Å². The second-order valence-electron chi connectivity index (χ2n) is 5.61. The predicted molar refractivity (Wildman–Crippen MR) is 93.1 cm³/mol. The van der Waals surface area contributed by atoms with Crippen molar-refractivity contribution in [2.24, 2.45) is 0 Å². The van der Waals surface area contributed by atoms with Gasteiger partial charge in [0.05, 0.1) is 18.0 Å². The van der Waals surface area contributed by atoms with Crippen LogP contribution in [0.5, 0.6) is 0 Å². The fourth-order valence-electron chi connectivity index (χ4n) is 2.54. The molecule has 0 saturated heterocycles. The van der Waals surface area contributed by atoms with E-state index in [2.05, 4.69) is 17.0 Å². The molecule has 3 rings (SSSR count). The zero-order valence-corrected chi connectivity index (χ0v) is 14.1. The summed E-state index contributed by atoms with van der Waals surface area (Å²) in [6.07, 6.45) is 0. The van der Waals surface area contributed by atoms with Gasteiger partial charge in [-0.05, 0) is 30.3 Å². The van der Waals surface area contributed by atoms with Crippen molar-refractivity contribution in [1.82, 2.24) is 9.97 Å². The number of hydrogen-bond donors (Lipinski definition) is 2. The molecule has 0 aliphatic rings. The molecule has 4 nitrogen and oxygen atoms in total. The molecule has 23 heavy (non-hydrogen) atoms. The summed E-state index contributed by atoms with van der Waals surface area (Å²) in [6.45, 7) is 1.43. The molecule has 2 aromatic carbocycles. The van der Waals surface area contributed by atoms with Crippen LogP contribution in [0.2, 0.25) is 10.0 Å². The molecule has 0 bridgehead atoms. The van der Waals surface area contributed by atoms with Gasteiger partial charge in [-0.15, -0.1) is 0 Å². The maximum Gasteiger partial charge on any atom is 0.258 e. The first-order valence-electron chi connectivity index (χ1n) is 7.25. The van der Waals surface area contributed by atoms with E-state index in [9.17, 15) is 4.79 Å². The third-order valence-electron chi connectivity index (χ3n) is 3.61. The quantitative estimate of drug-likeness (QED) is 0.760. The minimum Gasteiger partial charge on any atom is -0.327 e. The van der Waals surface area contributed by atoms with Crippen molar-refractivity contribution in [2.75, 3.05) is 7.05 Å². The highest BCUT2D eigenvalue weighted by atomic mass is 35.5. The number of fused-ring (bicyclic) bond motifs is 1. The lowest BCUT2D eigenvalue weighted by atomic mass is 10.2. The third kappa shape index (κ3) is 3.91. The van der Waals surface area contributed by atoms with E-state index in [-0.39, 0.29) is 5.56 Å². The maximum atomic E-state index is 12.1. The molecule has 0 radical (unpaired) electrons. The molecule has 6 heteroatoms. The first-order valence-corrected chi connectivity index (χ1v) is 8.01. The molecule has 0 spiro atoms. The van der Waals surface area contributed by atoms with Gasteiger partial charge in [-0.2, -0.15) is 0 Å². The summed E-state index contributed by atoms with van der Waals surface area (Å²) in [4.78, 5) is 20.7. The van der Waals surface area contributed by atoms with E-state index in [4.69, 9.17) is 23.2 Å². The number of H-pyrrole nitrogens is 1. The minimum atomic E-state index is -0.138. The maximum absolute atomic E-state index is 12.1. The molecule has 0 aliphatic heterocycles. The molecule has 1 unspecified atom stereocenters. The van der Waals surface area contributed by atoms with Gasteiger partial charge in [0.2, 0.25) is 0 Å². The molecular formula is C17H16Cl2N3O+. The zero-order valence-electron chi connectivity index (χ0n) is 12.6. The standard InChI is InChI=1S/C17H15Cl2N3O/c1-22(9-11-2-4-12(18)5-3-11)10-16-20-15-8-13(19)6-7-14(15)17(23)21-16/h2-8H,9-10H2,1H3,(H,20,21,23)/p+1. The number of rotatable bonds is 4. The Morgan fingerprint density at radius 3 is 2.48 bits per heavy atom. The number of aromatic amines is 1. The van der Waals surface area contributed by atoms with Crippen molar-refractivity contribution in [3.05, 3.63) is 74.3 Å². The van der Waals surface area contributed by atoms with Gasteiger partial charge < -0.3 is 9.88 Å². The number of hydrogen-bond acceptors (Lipinski definition) is 2. The van der Waals surface area contributed by atoms with Crippen molar-refractivity contribution in [3.63, 3.8) is 0 Å². The molecule has 2 N–H and O–H groups in total. The normalized spacial score (nSPS) is 12.5. The first kappa shape index (κ1) is 16.0. The van der Waals surface area contributed by atoms with Crippen LogP contribution in [0.1, 0.15) is 11.4 Å². The highest BCUT2D eigenvalue weighted by Gasteiger charge is 2.10. The van der Waals surface area contributed by atoms with E-state index in [0.29, 0.717) is 28.3 Å². The Hall–Kier alpha value is -1.88. The Morgan fingerprint density at radius 1 is 1.04 bits per heavy atom. The largest absolute Gasteiger partial charge is 0.327 e. The van der Waals surface area contributed by atoms with Crippen molar-refractivity contribution >= 4 is 34.1 Å². The second kappa shape index (κ2) is 6.71. The van der Waals surface area contributed by atoms with E-state index in [1.165, 1.54) is 10.5 Å². The van der Waals surface area contributed by atoms with E-state index in [0.717, 1.165) is 11.6 Å². The average Bonchev–Trinajstić information content (AvgIpc) is 2.49. The molecule has 0 fully saturated rings. The topological polar surface area (TPSA) is 50.2 Å². The van der Waals surface area contributed by atoms with Gasteiger partial charge in [-0.25, -0.2) is 4.98 Å². The zero-order chi connectivity index (χ0) is 16.4. The molecule has 1 heterocycles. The van der Waals surface area contributed by atoms with Crippen LogP contribution >= 0.6 is 23.2 Å². The number of nitrogens with one attached hydrogen (secondary N) is 2. The second-order valence-corrected chi connectivity index (χ2v) is 6.48. The smallest absolute Gasteiger partial charge is 0.258 e. The fourth-order valence-corrected chi connectivity index (χ4v) is 2.84. The highest BCUT2D eigenvalue weighted by Crippen LogP contribution is 2.14. The summed E-state index contributed by atoms with van der Waals surface area (Å²) in [5, 5.41) is 1.85. The molecule has 1 aromatic heterocycles. The van der Waals surface area contributed by atoms with E-state index >= 15 is 0 Å². The lowest BCUT2D eigenvalue weighted by Gasteiger charge is -2.13. The predicted octanol–water partition coefficient (Wildman–Crippen LogP) is 2.44. The van der Waals surface area contributed by atoms with Crippen LogP contribution in [0.4, 0.5) is 0 Å². The molecular weight excluding hydrogens is 333 g/mol. The number of nitrogens with zero attached hydrogens (tertiary/aromatic N) is 1. The van der Waals surface area contributed by atoms with Crippen molar-refractivity contribution in [1.29, 1.82) is 0 Å². The van der Waals surface area contributed by atoms with Crippen LogP contribution in [0, 0.1) is 0 Å². The summed E-state index contributed by atoms with van der Waals surface area (Å²) in [5.74, 6) is 0.649. The van der Waals surface area contributed by atoms with E-state index in [1.54, 1.807) is 18.2 Å². The average molecular weight is 349 g/mol. The Bertz CT molecular complexity index is 890. The van der Waals surface area contributed by atoms with Gasteiger partial charge in [-0.3, -0.25) is 4.79 Å². The summed E-state index contributed by atoms with van der Waals surface area (Å²) in [7, 11) is 2.05. The van der Waals surface area contributed by atoms with Gasteiger partial charge in [0.15, 0.2) is 5.82 Å². The van der Waals surface area contributed by atoms with Crippen molar-refractivity contribution < 1.29 is 4.90 Å². The number of quaternary nitrogens is 1. The van der Waals surface area contributed by atoms with Crippen LogP contribution in [0.3, 0.4) is 0 Å². The van der Waals surface area contributed by atoms with Gasteiger partial charge >= 0.3 is 0 Å². The summed E-state index contributed by atoms with van der Waals surface area (Å²) >= 11 is 11.9. The van der Waals surface area contributed by atoms with Gasteiger partial charge in [0.1, 0.15) is 13.1 Å². The first-order chi connectivity index (χ1) is 11.0. The van der Waals surface area contributed by atoms with Gasteiger partial charge in [0, 0.05) is 15.6 Å². The van der Waals surface area contributed by atoms with Crippen molar-refractivity contribution in [3.8, 4) is 0 Å². The minimum absolute atomic E-state index is 0.138. The molecule has 3 aromatic rings. The van der Waals surface area contributed by atoms with Crippen LogP contribution < -0.4 is 10.5 Å². The third-order valence-corrected chi connectivity index (χ3v) is 4.09. The summed E-state index contributed by atoms with van der Waals surface area (Å²) < 4.78 is 0. The van der Waals surface area contributed by atoms with Gasteiger partial charge in [-0.1, -0.05) is 35.3 Å². The number of halogens is 2. The number of benzene rings is 2. The van der Waals surface area contributed by atoms with Crippen molar-refractivity contribution in [2.45, 2.75) is 13.1 Å². The monoisotopic (exact) mass is 348 g/mol. The summed E-state index contributed by atoms with van der Waals surface area (Å²) in [5.41, 5.74) is 1.66. The van der Waals surface area contributed by atoms with Gasteiger partial charge in [0.25, 0.3) is 5.56 Å². The number of aromatic nitrogens is 2.